The van der Waals surface area contributed by atoms with Gasteiger partial charge in [-0.1, -0.05) is 12.2 Å². The first-order valence-electron chi connectivity index (χ1n) is 11.5. The molecule has 1 unspecified atom stereocenters. The molecule has 7 heteroatoms. The van der Waals surface area contributed by atoms with Gasteiger partial charge in [0.05, 0.1) is 26.4 Å². The van der Waals surface area contributed by atoms with E-state index in [2.05, 4.69) is 16.9 Å². The van der Waals surface area contributed by atoms with Gasteiger partial charge in [-0.05, 0) is 64.2 Å². The molecule has 2 aliphatic rings. The molecule has 0 radical (unpaired) electrons. The van der Waals surface area contributed by atoms with E-state index in [9.17, 15) is 9.90 Å². The molecule has 7 nitrogen and oxygen atoms in total. The van der Waals surface area contributed by atoms with Crippen LogP contribution in [0.5, 0.6) is 0 Å². The second-order valence-corrected chi connectivity index (χ2v) is 8.08. The standard InChI is InChI=1S/C23H40O7/c1-3-27-14-15-29-23(25)20-17-19(30-22-12-8-9-13-28-22)16-18(20)10-6-4-5-7-11-21(24)26-2/h4,6,18-20,22-23,25H,3,5,7-17H2,1-2H3/t18-,19-,20-,22+,23?/m1/s1. The van der Waals surface area contributed by atoms with Gasteiger partial charge in [0, 0.05) is 25.6 Å². The largest absolute Gasteiger partial charge is 0.469 e. The van der Waals surface area contributed by atoms with Crippen molar-refractivity contribution in [3.8, 4) is 0 Å². The third-order valence-electron chi connectivity index (χ3n) is 5.86. The average molecular weight is 429 g/mol. The Morgan fingerprint density at radius 2 is 2.10 bits per heavy atom. The Balaban J connectivity index is 1.81. The molecule has 0 bridgehead atoms. The van der Waals surface area contributed by atoms with Gasteiger partial charge in [0.25, 0.3) is 0 Å². The average Bonchev–Trinajstić information content (AvgIpc) is 3.16. The minimum absolute atomic E-state index is 0.0277. The Kier molecular flexibility index (Phi) is 12.6. The minimum Gasteiger partial charge on any atom is -0.469 e. The first kappa shape index (κ1) is 25.3. The molecule has 174 valence electrons. The zero-order valence-electron chi connectivity index (χ0n) is 18.6. The quantitative estimate of drug-likeness (QED) is 0.196. The number of carbonyl (C=O) groups excluding carboxylic acids is 1. The molecular formula is C23H40O7. The molecule has 0 aromatic carbocycles. The van der Waals surface area contributed by atoms with Gasteiger partial charge in [-0.3, -0.25) is 4.79 Å². The van der Waals surface area contributed by atoms with Gasteiger partial charge < -0.3 is 28.8 Å². The lowest BCUT2D eigenvalue weighted by Gasteiger charge is -2.26. The summed E-state index contributed by atoms with van der Waals surface area (Å²) in [4.78, 5) is 11.2. The summed E-state index contributed by atoms with van der Waals surface area (Å²) >= 11 is 0. The highest BCUT2D eigenvalue weighted by molar-refractivity contribution is 5.69. The van der Waals surface area contributed by atoms with Crippen LogP contribution in [0.25, 0.3) is 0 Å². The maximum atomic E-state index is 11.2. The maximum Gasteiger partial charge on any atom is 0.305 e. The van der Waals surface area contributed by atoms with Crippen molar-refractivity contribution >= 4 is 5.97 Å². The molecule has 2 fully saturated rings. The van der Waals surface area contributed by atoms with Crippen LogP contribution in [-0.2, 0) is 28.5 Å². The van der Waals surface area contributed by atoms with Gasteiger partial charge in [-0.15, -0.1) is 0 Å². The zero-order chi connectivity index (χ0) is 21.6. The molecule has 5 atom stereocenters. The van der Waals surface area contributed by atoms with Crippen LogP contribution in [-0.4, -0.2) is 63.3 Å². The van der Waals surface area contributed by atoms with Crippen LogP contribution >= 0.6 is 0 Å². The van der Waals surface area contributed by atoms with E-state index in [1.807, 2.05) is 6.92 Å². The van der Waals surface area contributed by atoms with E-state index in [4.69, 9.17) is 18.9 Å². The van der Waals surface area contributed by atoms with E-state index in [-0.39, 0.29) is 30.2 Å². The fraction of sp³-hybridized carbons (Fsp3) is 0.870. The van der Waals surface area contributed by atoms with Crippen LogP contribution in [0, 0.1) is 11.8 Å². The summed E-state index contributed by atoms with van der Waals surface area (Å²) in [5.74, 6) is 0.147. The molecule has 0 aromatic heterocycles. The first-order valence-corrected chi connectivity index (χ1v) is 11.5. The number of aliphatic hydroxyl groups is 1. The third-order valence-corrected chi connectivity index (χ3v) is 5.86. The number of hydrogen-bond acceptors (Lipinski definition) is 7. The van der Waals surface area contributed by atoms with E-state index in [1.165, 1.54) is 7.11 Å². The summed E-state index contributed by atoms with van der Waals surface area (Å²) in [6, 6.07) is 0. The smallest absolute Gasteiger partial charge is 0.305 e. The van der Waals surface area contributed by atoms with Gasteiger partial charge in [0.15, 0.2) is 12.6 Å². The van der Waals surface area contributed by atoms with Crippen LogP contribution in [0.2, 0.25) is 0 Å². The zero-order valence-corrected chi connectivity index (χ0v) is 18.6. The molecule has 1 heterocycles. The van der Waals surface area contributed by atoms with Gasteiger partial charge in [0.1, 0.15) is 0 Å². The van der Waals surface area contributed by atoms with E-state index >= 15 is 0 Å². The van der Waals surface area contributed by atoms with Crippen LogP contribution in [0.15, 0.2) is 12.2 Å². The SMILES string of the molecule is CCOCCOC(O)[C@@H]1C[C@H](O[C@H]2CCCCO2)C[C@H]1CC=CCCCC(=O)OC. The van der Waals surface area contributed by atoms with Crippen molar-refractivity contribution < 1.29 is 33.6 Å². The molecule has 1 aliphatic heterocycles. The second-order valence-electron chi connectivity index (χ2n) is 8.08. The van der Waals surface area contributed by atoms with E-state index < -0.39 is 6.29 Å². The fourth-order valence-corrected chi connectivity index (χ4v) is 4.22. The number of allylic oxidation sites excluding steroid dienone is 2. The highest BCUT2D eigenvalue weighted by atomic mass is 16.7. The van der Waals surface area contributed by atoms with Crippen molar-refractivity contribution in [2.24, 2.45) is 11.8 Å². The summed E-state index contributed by atoms with van der Waals surface area (Å²) in [5.41, 5.74) is 0. The number of unbranched alkanes of at least 4 members (excludes halogenated alkanes) is 1. The van der Waals surface area contributed by atoms with E-state index in [0.29, 0.717) is 26.2 Å². The molecule has 0 amide bonds. The molecule has 0 aromatic rings. The molecule has 1 saturated heterocycles. The molecule has 1 saturated carbocycles. The molecular weight excluding hydrogens is 388 g/mol. The van der Waals surface area contributed by atoms with Crippen molar-refractivity contribution in [2.45, 2.75) is 83.4 Å². The van der Waals surface area contributed by atoms with E-state index in [1.54, 1.807) is 0 Å². The summed E-state index contributed by atoms with van der Waals surface area (Å²) < 4.78 is 27.5. The lowest BCUT2D eigenvalue weighted by atomic mass is 9.92. The Labute approximate surface area is 181 Å². The Morgan fingerprint density at radius 1 is 1.23 bits per heavy atom. The maximum absolute atomic E-state index is 11.2. The van der Waals surface area contributed by atoms with Crippen LogP contribution < -0.4 is 0 Å². The van der Waals surface area contributed by atoms with Gasteiger partial charge in [-0.2, -0.15) is 0 Å². The summed E-state index contributed by atoms with van der Waals surface area (Å²) in [7, 11) is 1.41. The van der Waals surface area contributed by atoms with Crippen LogP contribution in [0.3, 0.4) is 0 Å². The fourth-order valence-electron chi connectivity index (χ4n) is 4.22. The number of methoxy groups -OCH3 is 1. The highest BCUT2D eigenvalue weighted by Gasteiger charge is 2.40. The molecule has 1 aliphatic carbocycles. The lowest BCUT2D eigenvalue weighted by Crippen LogP contribution is -2.29. The monoisotopic (exact) mass is 428 g/mol. The van der Waals surface area contributed by atoms with Crippen LogP contribution in [0.4, 0.5) is 0 Å². The number of ether oxygens (including phenoxy) is 5. The molecule has 1 N–H and O–H groups in total. The van der Waals surface area contributed by atoms with Crippen molar-refractivity contribution in [2.75, 3.05) is 33.5 Å². The predicted molar refractivity (Wildman–Crippen MR) is 113 cm³/mol. The number of hydrogen-bond donors (Lipinski definition) is 1. The summed E-state index contributed by atoms with van der Waals surface area (Å²) in [6.45, 7) is 4.22. The Hall–Kier alpha value is -0.990. The molecule has 30 heavy (non-hydrogen) atoms. The van der Waals surface area contributed by atoms with Gasteiger partial charge in [0.2, 0.25) is 0 Å². The van der Waals surface area contributed by atoms with Crippen LogP contribution in [0.1, 0.15) is 64.7 Å². The topological polar surface area (TPSA) is 83.5 Å². The number of esters is 1. The minimum atomic E-state index is -0.816. The highest BCUT2D eigenvalue weighted by Crippen LogP contribution is 2.40. The Bertz CT molecular complexity index is 490. The summed E-state index contributed by atoms with van der Waals surface area (Å²) in [5, 5.41) is 10.6. The number of rotatable bonds is 14. The second kappa shape index (κ2) is 14.9. The Morgan fingerprint density at radius 3 is 2.83 bits per heavy atom. The predicted octanol–water partition coefficient (Wildman–Crippen LogP) is 3.59. The third kappa shape index (κ3) is 9.43. The van der Waals surface area contributed by atoms with Crippen molar-refractivity contribution in [1.29, 1.82) is 0 Å². The lowest BCUT2D eigenvalue weighted by molar-refractivity contribution is -0.190. The summed E-state index contributed by atoms with van der Waals surface area (Å²) in [6.07, 6.45) is 11.2. The molecule has 0 spiro atoms. The molecule has 2 rings (SSSR count). The number of carbonyl (C=O) groups is 1. The van der Waals surface area contributed by atoms with Crippen molar-refractivity contribution in [1.82, 2.24) is 0 Å². The van der Waals surface area contributed by atoms with E-state index in [0.717, 1.165) is 58.0 Å². The van der Waals surface area contributed by atoms with Gasteiger partial charge >= 0.3 is 5.97 Å². The van der Waals surface area contributed by atoms with Gasteiger partial charge in [-0.25, -0.2) is 0 Å². The number of aliphatic hydroxyl groups excluding tert-OH is 1. The van der Waals surface area contributed by atoms with Crippen molar-refractivity contribution in [3.05, 3.63) is 12.2 Å². The first-order chi connectivity index (χ1) is 14.6. The normalized spacial score (nSPS) is 28.1. The van der Waals surface area contributed by atoms with Crippen molar-refractivity contribution in [3.63, 3.8) is 0 Å².